The maximum atomic E-state index is 13.4. The van der Waals surface area contributed by atoms with Crippen molar-refractivity contribution in [2.45, 2.75) is 68.7 Å². The molecule has 7 nitrogen and oxygen atoms in total. The summed E-state index contributed by atoms with van der Waals surface area (Å²) in [5.41, 5.74) is 0.858. The van der Waals surface area contributed by atoms with Crippen LogP contribution in [-0.4, -0.2) is 41.1 Å². The van der Waals surface area contributed by atoms with E-state index in [1.165, 1.54) is 0 Å². The molecular formula is C27H29ClN2O5. The first-order chi connectivity index (χ1) is 16.9. The molecule has 184 valence electrons. The summed E-state index contributed by atoms with van der Waals surface area (Å²) in [7, 11) is 0. The van der Waals surface area contributed by atoms with Crippen molar-refractivity contribution < 1.29 is 24.2 Å². The van der Waals surface area contributed by atoms with Gasteiger partial charge in [-0.3, -0.25) is 15.0 Å². The minimum absolute atomic E-state index is 0.0976. The van der Waals surface area contributed by atoms with E-state index in [2.05, 4.69) is 5.32 Å². The van der Waals surface area contributed by atoms with E-state index in [0.717, 1.165) is 43.2 Å². The first kappa shape index (κ1) is 23.8. The number of carboxylic acid groups (broad SMARTS) is 1. The number of rotatable bonds is 8. The summed E-state index contributed by atoms with van der Waals surface area (Å²) in [6, 6.07) is 14.5. The van der Waals surface area contributed by atoms with Crippen molar-refractivity contribution in [3.63, 3.8) is 0 Å². The van der Waals surface area contributed by atoms with E-state index in [-0.39, 0.29) is 31.0 Å². The molecule has 1 aliphatic heterocycles. The predicted octanol–water partition coefficient (Wildman–Crippen LogP) is 4.91. The van der Waals surface area contributed by atoms with Gasteiger partial charge < -0.3 is 14.6 Å². The molecule has 0 spiro atoms. The van der Waals surface area contributed by atoms with Crippen LogP contribution in [0.4, 0.5) is 10.5 Å². The Kier molecular flexibility index (Phi) is 6.55. The van der Waals surface area contributed by atoms with Gasteiger partial charge in [0.05, 0.1) is 5.69 Å². The van der Waals surface area contributed by atoms with Crippen LogP contribution in [0, 0.1) is 5.92 Å². The Labute approximate surface area is 209 Å². The Morgan fingerprint density at radius 1 is 1.11 bits per heavy atom. The summed E-state index contributed by atoms with van der Waals surface area (Å²) in [4.78, 5) is 39.8. The van der Waals surface area contributed by atoms with Crippen LogP contribution in [0.1, 0.15) is 55.6 Å². The molecule has 4 atom stereocenters. The number of benzene rings is 2. The molecule has 35 heavy (non-hydrogen) atoms. The lowest BCUT2D eigenvalue weighted by atomic mass is 9.65. The van der Waals surface area contributed by atoms with Gasteiger partial charge in [0.2, 0.25) is 0 Å². The predicted molar refractivity (Wildman–Crippen MR) is 132 cm³/mol. The molecule has 1 amide bonds. The Balaban J connectivity index is 1.52. The zero-order valence-corrected chi connectivity index (χ0v) is 20.1. The number of aldehydes is 1. The number of amides is 1. The number of nitrogens with one attached hydrogen (secondary N) is 1. The van der Waals surface area contributed by atoms with Crippen molar-refractivity contribution in [2.75, 3.05) is 4.90 Å². The Morgan fingerprint density at radius 3 is 2.54 bits per heavy atom. The molecule has 0 bridgehead atoms. The van der Waals surface area contributed by atoms with Crippen LogP contribution in [0.15, 0.2) is 48.5 Å². The lowest BCUT2D eigenvalue weighted by Crippen LogP contribution is -2.62. The van der Waals surface area contributed by atoms with Crippen molar-refractivity contribution in [1.82, 2.24) is 5.32 Å². The van der Waals surface area contributed by atoms with Crippen LogP contribution in [0.2, 0.25) is 5.02 Å². The van der Waals surface area contributed by atoms with E-state index in [9.17, 15) is 19.5 Å². The number of carbonyl (C=O) groups excluding carboxylic acids is 2. The lowest BCUT2D eigenvalue weighted by Gasteiger charge is -2.49. The summed E-state index contributed by atoms with van der Waals surface area (Å²) in [5.74, 6) is -1.55. The number of hydrogen-bond donors (Lipinski definition) is 2. The molecule has 2 aliphatic carbocycles. The number of carbonyl (C=O) groups is 3. The highest BCUT2D eigenvalue weighted by atomic mass is 35.5. The van der Waals surface area contributed by atoms with Crippen molar-refractivity contribution >= 4 is 35.6 Å². The van der Waals surface area contributed by atoms with Gasteiger partial charge in [0.1, 0.15) is 18.4 Å². The summed E-state index contributed by atoms with van der Waals surface area (Å²) >= 11 is 5.96. The minimum atomic E-state index is -1.41. The van der Waals surface area contributed by atoms with Gasteiger partial charge in [0.25, 0.3) is 0 Å². The summed E-state index contributed by atoms with van der Waals surface area (Å²) in [6.07, 6.45) is 4.36. The third kappa shape index (κ3) is 4.43. The number of para-hydroxylation sites is 1. The molecule has 0 saturated heterocycles. The molecule has 3 aliphatic rings. The second kappa shape index (κ2) is 9.63. The van der Waals surface area contributed by atoms with Crippen molar-refractivity contribution in [3.8, 4) is 0 Å². The minimum Gasteiger partial charge on any atom is -0.480 e. The third-order valence-corrected chi connectivity index (χ3v) is 7.90. The molecule has 5 rings (SSSR count). The number of nitrogens with zero attached hydrogens (tertiary/aromatic N) is 1. The first-order valence-electron chi connectivity index (χ1n) is 12.2. The summed E-state index contributed by atoms with van der Waals surface area (Å²) in [6.45, 7) is 0.114. The van der Waals surface area contributed by atoms with Gasteiger partial charge in [-0.2, -0.15) is 0 Å². The van der Waals surface area contributed by atoms with Crippen LogP contribution in [-0.2, 0) is 20.9 Å². The van der Waals surface area contributed by atoms with Gasteiger partial charge in [0, 0.05) is 29.4 Å². The van der Waals surface area contributed by atoms with E-state index in [0.29, 0.717) is 17.0 Å². The van der Waals surface area contributed by atoms with E-state index in [4.69, 9.17) is 16.3 Å². The topological polar surface area (TPSA) is 95.9 Å². The Morgan fingerprint density at radius 2 is 1.86 bits per heavy atom. The molecule has 4 unspecified atom stereocenters. The quantitative estimate of drug-likeness (QED) is 0.504. The van der Waals surface area contributed by atoms with Crippen molar-refractivity contribution in [2.24, 2.45) is 5.92 Å². The van der Waals surface area contributed by atoms with Crippen LogP contribution in [0.25, 0.3) is 0 Å². The molecule has 0 radical (unpaired) electrons. The number of carboxylic acids is 1. The second-order valence-electron chi connectivity index (χ2n) is 9.82. The van der Waals surface area contributed by atoms with Crippen LogP contribution in [0.5, 0.6) is 0 Å². The molecular weight excluding hydrogens is 468 g/mol. The van der Waals surface area contributed by atoms with Crippen LogP contribution in [0.3, 0.4) is 0 Å². The highest BCUT2D eigenvalue weighted by Crippen LogP contribution is 2.54. The van der Waals surface area contributed by atoms with E-state index in [1.54, 1.807) is 17.0 Å². The first-order valence-corrected chi connectivity index (χ1v) is 12.6. The Hall–Kier alpha value is -2.90. The van der Waals surface area contributed by atoms with Gasteiger partial charge in [-0.1, -0.05) is 48.4 Å². The fourth-order valence-corrected chi connectivity index (χ4v) is 6.12. The summed E-state index contributed by atoms with van der Waals surface area (Å²) in [5, 5.41) is 14.5. The highest BCUT2D eigenvalue weighted by Gasteiger charge is 2.58. The monoisotopic (exact) mass is 496 g/mol. The fraction of sp³-hybridized carbons (Fsp3) is 0.444. The van der Waals surface area contributed by atoms with Gasteiger partial charge >= 0.3 is 12.1 Å². The van der Waals surface area contributed by atoms with E-state index >= 15 is 0 Å². The molecule has 2 aromatic carbocycles. The molecule has 2 aromatic rings. The molecule has 8 heteroatoms. The van der Waals surface area contributed by atoms with Crippen LogP contribution >= 0.6 is 11.6 Å². The third-order valence-electron chi connectivity index (χ3n) is 7.65. The molecule has 2 N–H and O–H groups in total. The fourth-order valence-electron chi connectivity index (χ4n) is 6.00. The van der Waals surface area contributed by atoms with E-state index in [1.807, 2.05) is 36.4 Å². The van der Waals surface area contributed by atoms with Gasteiger partial charge in [-0.25, -0.2) is 4.79 Å². The number of fused-ring (bicyclic) bond motifs is 2. The normalized spacial score (nSPS) is 24.7. The molecule has 2 fully saturated rings. The number of aliphatic carboxylic acids is 1. The number of anilines is 1. The van der Waals surface area contributed by atoms with Gasteiger partial charge in [-0.15, -0.1) is 0 Å². The zero-order chi connectivity index (χ0) is 24.6. The average molecular weight is 497 g/mol. The Bertz CT molecular complexity index is 1120. The smallest absolute Gasteiger partial charge is 0.414 e. The standard InChI is InChI=1S/C27H29ClN2O5/c28-18-10-8-17(9-11-18)16-35-26(34)30-22-6-2-1-4-20(22)24(21-5-3-7-23(21)30)27(14-15-31,25(32)33)29-19-12-13-19/h1-2,4,6,8-11,15,19,21,23-24,29H,3,5,7,12-14,16H2,(H,32,33). The number of hydrogen-bond acceptors (Lipinski definition) is 5. The van der Waals surface area contributed by atoms with Crippen molar-refractivity contribution in [1.29, 1.82) is 0 Å². The van der Waals surface area contributed by atoms with Gasteiger partial charge in [0.15, 0.2) is 0 Å². The average Bonchev–Trinajstić information content (AvgIpc) is 3.54. The maximum Gasteiger partial charge on any atom is 0.414 e. The maximum absolute atomic E-state index is 13.4. The van der Waals surface area contributed by atoms with Gasteiger partial charge in [-0.05, 0) is 60.9 Å². The lowest BCUT2D eigenvalue weighted by molar-refractivity contribution is -0.148. The van der Waals surface area contributed by atoms with E-state index < -0.39 is 23.5 Å². The SMILES string of the molecule is O=CCC(NC1CC1)(C(=O)O)C1c2ccccc2N(C(=O)OCc2ccc(Cl)cc2)C2CCCC21. The molecule has 1 heterocycles. The molecule has 2 saturated carbocycles. The number of halogens is 1. The van der Waals surface area contributed by atoms with Crippen LogP contribution < -0.4 is 10.2 Å². The zero-order valence-electron chi connectivity index (χ0n) is 19.4. The summed E-state index contributed by atoms with van der Waals surface area (Å²) < 4.78 is 5.72. The largest absolute Gasteiger partial charge is 0.480 e. The van der Waals surface area contributed by atoms with Crippen molar-refractivity contribution in [3.05, 3.63) is 64.7 Å². The highest BCUT2D eigenvalue weighted by molar-refractivity contribution is 6.30. The second-order valence-corrected chi connectivity index (χ2v) is 10.3. The molecule has 0 aromatic heterocycles. The number of ether oxygens (including phenoxy) is 1.